The molecule has 24 heavy (non-hydrogen) atoms. The number of likely N-dealkylation sites (tertiary alicyclic amines) is 1. The Balaban J connectivity index is 1.78. The molecule has 0 bridgehead atoms. The number of alkyl halides is 2. The molecule has 1 N–H and O–H groups in total. The third kappa shape index (κ3) is 3.70. The molecule has 2 unspecified atom stereocenters. The molecule has 0 radical (unpaired) electrons. The minimum absolute atomic E-state index is 0.210. The van der Waals surface area contributed by atoms with Gasteiger partial charge in [-0.2, -0.15) is 0 Å². The highest BCUT2D eigenvalue weighted by Gasteiger charge is 2.32. The van der Waals surface area contributed by atoms with Crippen LogP contribution in [-0.4, -0.2) is 40.2 Å². The average Bonchev–Trinajstić information content (AvgIpc) is 3.12. The number of Topliss-reactive ketones (excluding diaryl/α,β-unsaturated/α-hetero) is 1. The van der Waals surface area contributed by atoms with Gasteiger partial charge >= 0.3 is 0 Å². The summed E-state index contributed by atoms with van der Waals surface area (Å²) in [6, 6.07) is 9.55. The highest BCUT2D eigenvalue weighted by molar-refractivity contribution is 5.79. The van der Waals surface area contributed by atoms with E-state index in [1.807, 2.05) is 36.5 Å². The quantitative estimate of drug-likeness (QED) is 0.818. The van der Waals surface area contributed by atoms with Crippen molar-refractivity contribution >= 4 is 5.78 Å². The largest absolute Gasteiger partial charge is 0.347 e. The summed E-state index contributed by atoms with van der Waals surface area (Å²) >= 11 is 0. The summed E-state index contributed by atoms with van der Waals surface area (Å²) in [5, 5.41) is 0. The van der Waals surface area contributed by atoms with Gasteiger partial charge in [0.2, 0.25) is 0 Å². The number of aromatic nitrogens is 2. The molecule has 1 aliphatic rings. The number of ketones is 1. The monoisotopic (exact) mass is 333 g/mol. The second-order valence-electron chi connectivity index (χ2n) is 6.10. The molecule has 0 saturated carbocycles. The summed E-state index contributed by atoms with van der Waals surface area (Å²) in [4.78, 5) is 20.6. The fourth-order valence-corrected chi connectivity index (χ4v) is 3.21. The van der Waals surface area contributed by atoms with Crippen LogP contribution in [0.25, 0.3) is 11.3 Å². The molecule has 1 aromatic carbocycles. The molecule has 1 saturated heterocycles. The molecule has 1 aromatic heterocycles. The maximum atomic E-state index is 14.5. The van der Waals surface area contributed by atoms with Crippen molar-refractivity contribution in [3.63, 3.8) is 0 Å². The topological polar surface area (TPSA) is 49.0 Å². The van der Waals surface area contributed by atoms with Gasteiger partial charge in [0, 0.05) is 18.3 Å². The molecule has 0 aliphatic carbocycles. The van der Waals surface area contributed by atoms with Crippen LogP contribution in [-0.2, 0) is 4.79 Å². The maximum absolute atomic E-state index is 14.5. The van der Waals surface area contributed by atoms with Crippen molar-refractivity contribution < 1.29 is 13.6 Å². The lowest BCUT2D eigenvalue weighted by Crippen LogP contribution is -2.41. The number of hydrogen-bond acceptors (Lipinski definition) is 3. The number of rotatable bonds is 6. The van der Waals surface area contributed by atoms with Gasteiger partial charge in [-0.05, 0) is 12.8 Å². The fourth-order valence-electron chi connectivity index (χ4n) is 3.21. The standard InChI is InChI=1S/C18H21F2N3O/c19-11-14(24)10-17(20)23-9-5-4-8-16(23)18-21-12-15(22-18)13-6-2-1-3-7-13/h1-3,6-7,12,16-17H,4-5,8-11H2,(H,21,22). The highest BCUT2D eigenvalue weighted by Crippen LogP contribution is 2.33. The van der Waals surface area contributed by atoms with Crippen molar-refractivity contribution in [1.29, 1.82) is 0 Å². The Morgan fingerprint density at radius 3 is 2.88 bits per heavy atom. The smallest absolute Gasteiger partial charge is 0.168 e. The molecule has 1 fully saturated rings. The average molecular weight is 333 g/mol. The summed E-state index contributed by atoms with van der Waals surface area (Å²) in [6.45, 7) is -0.565. The number of imidazole rings is 1. The summed E-state index contributed by atoms with van der Waals surface area (Å²) < 4.78 is 26.9. The third-order valence-corrected chi connectivity index (χ3v) is 4.43. The van der Waals surface area contributed by atoms with Crippen LogP contribution < -0.4 is 0 Å². The first kappa shape index (κ1) is 16.8. The summed E-state index contributed by atoms with van der Waals surface area (Å²) in [5.41, 5.74) is 1.80. The summed E-state index contributed by atoms with van der Waals surface area (Å²) in [7, 11) is 0. The van der Waals surface area contributed by atoms with Crippen LogP contribution in [0.5, 0.6) is 0 Å². The van der Waals surface area contributed by atoms with E-state index >= 15 is 0 Å². The third-order valence-electron chi connectivity index (χ3n) is 4.43. The molecule has 2 atom stereocenters. The molecule has 0 spiro atoms. The molecule has 0 amide bonds. The number of hydrogen-bond donors (Lipinski definition) is 1. The van der Waals surface area contributed by atoms with Crippen LogP contribution >= 0.6 is 0 Å². The number of nitrogens with one attached hydrogen (secondary N) is 1. The first-order chi connectivity index (χ1) is 11.7. The molecule has 2 aromatic rings. The number of H-pyrrole nitrogens is 1. The van der Waals surface area contributed by atoms with Gasteiger partial charge in [-0.1, -0.05) is 36.8 Å². The number of carbonyl (C=O) groups excluding carboxylic acids is 1. The predicted molar refractivity (Wildman–Crippen MR) is 87.8 cm³/mol. The number of benzene rings is 1. The first-order valence-electron chi connectivity index (χ1n) is 8.27. The van der Waals surface area contributed by atoms with E-state index in [1.54, 1.807) is 4.90 Å². The van der Waals surface area contributed by atoms with Crippen molar-refractivity contribution in [2.24, 2.45) is 0 Å². The second kappa shape index (κ2) is 7.66. The number of aromatic amines is 1. The van der Waals surface area contributed by atoms with E-state index in [2.05, 4.69) is 9.97 Å². The lowest BCUT2D eigenvalue weighted by atomic mass is 10.0. The van der Waals surface area contributed by atoms with Crippen LogP contribution in [0.3, 0.4) is 0 Å². The molecule has 1 aliphatic heterocycles. The molecule has 128 valence electrons. The van der Waals surface area contributed by atoms with Gasteiger partial charge in [0.1, 0.15) is 12.5 Å². The zero-order valence-corrected chi connectivity index (χ0v) is 13.4. The molecule has 2 heterocycles. The van der Waals surface area contributed by atoms with Crippen LogP contribution in [0.15, 0.2) is 36.5 Å². The molecular weight excluding hydrogens is 312 g/mol. The lowest BCUT2D eigenvalue weighted by molar-refractivity contribution is -0.123. The molecule has 3 rings (SSSR count). The van der Waals surface area contributed by atoms with Gasteiger partial charge in [-0.25, -0.2) is 13.8 Å². The number of nitrogens with zero attached hydrogens (tertiary/aromatic N) is 2. The van der Waals surface area contributed by atoms with Gasteiger partial charge in [-0.15, -0.1) is 0 Å². The Hall–Kier alpha value is -2.08. The second-order valence-corrected chi connectivity index (χ2v) is 6.10. The SMILES string of the molecule is O=C(CF)CC(F)N1CCCCC1c1nc(-c2ccccc2)c[nH]1. The van der Waals surface area contributed by atoms with Gasteiger partial charge in [0.15, 0.2) is 12.1 Å². The number of halogens is 2. The summed E-state index contributed by atoms with van der Waals surface area (Å²) in [5.74, 6) is 0.000133. The highest BCUT2D eigenvalue weighted by atomic mass is 19.1. The van der Waals surface area contributed by atoms with Crippen molar-refractivity contribution in [3.8, 4) is 11.3 Å². The van der Waals surface area contributed by atoms with Crippen LogP contribution in [0.1, 0.15) is 37.5 Å². The predicted octanol–water partition coefficient (Wildman–Crippen LogP) is 3.83. The van der Waals surface area contributed by atoms with Gasteiger partial charge in [-0.3, -0.25) is 9.69 Å². The Morgan fingerprint density at radius 1 is 1.33 bits per heavy atom. The van der Waals surface area contributed by atoms with Crippen molar-refractivity contribution in [3.05, 3.63) is 42.4 Å². The van der Waals surface area contributed by atoms with Crippen LogP contribution in [0.2, 0.25) is 0 Å². The normalized spacial score (nSPS) is 20.0. The Morgan fingerprint density at radius 2 is 2.12 bits per heavy atom. The zero-order chi connectivity index (χ0) is 16.9. The number of carbonyl (C=O) groups is 1. The summed E-state index contributed by atoms with van der Waals surface area (Å²) in [6.07, 6.45) is 2.56. The van der Waals surface area contributed by atoms with E-state index in [1.165, 1.54) is 0 Å². The minimum atomic E-state index is -1.47. The van der Waals surface area contributed by atoms with E-state index in [-0.39, 0.29) is 6.04 Å². The van der Waals surface area contributed by atoms with Gasteiger partial charge < -0.3 is 4.98 Å². The van der Waals surface area contributed by atoms with Crippen LogP contribution in [0.4, 0.5) is 8.78 Å². The lowest BCUT2D eigenvalue weighted by Gasteiger charge is -2.36. The number of piperidine rings is 1. The van der Waals surface area contributed by atoms with Gasteiger partial charge in [0.25, 0.3) is 0 Å². The van der Waals surface area contributed by atoms with Crippen molar-refractivity contribution in [2.45, 2.75) is 38.0 Å². The maximum Gasteiger partial charge on any atom is 0.168 e. The molecule has 4 nitrogen and oxygen atoms in total. The van der Waals surface area contributed by atoms with Crippen LogP contribution in [0, 0.1) is 0 Å². The molecular formula is C18H21F2N3O. The van der Waals surface area contributed by atoms with Crippen molar-refractivity contribution in [2.75, 3.05) is 13.2 Å². The minimum Gasteiger partial charge on any atom is -0.347 e. The molecule has 6 heteroatoms. The van der Waals surface area contributed by atoms with E-state index in [4.69, 9.17) is 0 Å². The van der Waals surface area contributed by atoms with E-state index in [9.17, 15) is 13.6 Å². The van der Waals surface area contributed by atoms with E-state index in [0.717, 1.165) is 30.5 Å². The van der Waals surface area contributed by atoms with Gasteiger partial charge in [0.05, 0.1) is 18.2 Å². The first-order valence-corrected chi connectivity index (χ1v) is 8.27. The fraction of sp³-hybridized carbons (Fsp3) is 0.444. The Kier molecular flexibility index (Phi) is 5.35. The van der Waals surface area contributed by atoms with E-state index < -0.39 is 25.2 Å². The zero-order valence-electron chi connectivity index (χ0n) is 13.4. The Labute approximate surface area is 139 Å². The Bertz CT molecular complexity index is 674. The van der Waals surface area contributed by atoms with E-state index in [0.29, 0.717) is 12.4 Å². The van der Waals surface area contributed by atoms with Crippen molar-refractivity contribution in [1.82, 2.24) is 14.9 Å².